The van der Waals surface area contributed by atoms with Crippen LogP contribution in [-0.2, 0) is 42.8 Å². The van der Waals surface area contributed by atoms with Gasteiger partial charge in [0.1, 0.15) is 17.2 Å². The predicted molar refractivity (Wildman–Crippen MR) is 315 cm³/mol. The highest BCUT2D eigenvalue weighted by molar-refractivity contribution is 6.16. The monoisotopic (exact) mass is 1080 g/mol. The van der Waals surface area contributed by atoms with Crippen LogP contribution in [0.3, 0.4) is 0 Å². The van der Waals surface area contributed by atoms with Crippen molar-refractivity contribution in [3.05, 3.63) is 109 Å². The Labute approximate surface area is 470 Å². The minimum absolute atomic E-state index is 0.215. The molecule has 78 heavy (non-hydrogen) atoms. The number of methoxy groups -OCH3 is 3. The molecule has 0 saturated heterocycles. The molecular weight excluding hydrogens is 985 g/mol. The number of rotatable bonds is 50. The number of ether oxygens (including phenoxy) is 9. The lowest BCUT2D eigenvalue weighted by Crippen LogP contribution is -2.21. The van der Waals surface area contributed by atoms with E-state index in [1.807, 2.05) is 72.8 Å². The molecule has 0 saturated carbocycles. The van der Waals surface area contributed by atoms with Gasteiger partial charge in [0.05, 0.1) is 64.5 Å². The summed E-state index contributed by atoms with van der Waals surface area (Å²) < 4.78 is 50.6. The van der Waals surface area contributed by atoms with Gasteiger partial charge >= 0.3 is 17.9 Å². The Morgan fingerprint density at radius 2 is 0.551 bits per heavy atom. The molecule has 0 aromatic heterocycles. The van der Waals surface area contributed by atoms with E-state index < -0.39 is 17.9 Å². The van der Waals surface area contributed by atoms with Crippen LogP contribution in [0.25, 0.3) is 16.7 Å². The first-order valence-corrected chi connectivity index (χ1v) is 29.5. The summed E-state index contributed by atoms with van der Waals surface area (Å²) in [5, 5.41) is 0. The second kappa shape index (κ2) is 44.4. The molecule has 0 spiro atoms. The Hall–Kier alpha value is -5.43. The molecule has 12 heteroatoms. The molecule has 0 aliphatic heterocycles. The summed E-state index contributed by atoms with van der Waals surface area (Å²) in [5.41, 5.74) is 3.24. The molecule has 0 fully saturated rings. The average Bonchev–Trinajstić information content (AvgIpc) is 3.47. The highest BCUT2D eigenvalue weighted by Gasteiger charge is 2.13. The molecule has 3 aromatic rings. The quantitative estimate of drug-likeness (QED) is 0.0175. The summed E-state index contributed by atoms with van der Waals surface area (Å²) >= 11 is 0. The summed E-state index contributed by atoms with van der Waals surface area (Å²) in [6, 6.07) is 22.3. The van der Waals surface area contributed by atoms with E-state index in [4.69, 9.17) is 42.6 Å². The standard InChI is InChI=1S/C66H98O12/c1-54(64(67)70-4)57-34-40-60(41-35-57)74-48-29-23-17-11-7-10-16-22-28-47-73-53-46-63(77-51-32-26-20-14-8-12-18-24-30-49-75-61-42-36-58(37-43-61)55(2)65(68)71-5)78-52-33-27-21-15-9-13-19-25-31-50-76-62-44-38-59(39-45-62)56(3)66(69)72-6/h34-45,63H,1-3,7-33,46-53H2,4-6H3. The van der Waals surface area contributed by atoms with E-state index in [0.29, 0.717) is 43.1 Å². The van der Waals surface area contributed by atoms with E-state index in [2.05, 4.69) is 19.7 Å². The molecule has 434 valence electrons. The van der Waals surface area contributed by atoms with E-state index in [1.165, 1.54) is 137 Å². The van der Waals surface area contributed by atoms with Gasteiger partial charge in [-0.15, -0.1) is 0 Å². The fourth-order valence-electron chi connectivity index (χ4n) is 8.90. The molecular formula is C66H98O12. The number of hydrogen-bond donors (Lipinski definition) is 0. The zero-order chi connectivity index (χ0) is 56.1. The summed E-state index contributed by atoms with van der Waals surface area (Å²) in [4.78, 5) is 35.1. The Morgan fingerprint density at radius 3 is 0.808 bits per heavy atom. The van der Waals surface area contributed by atoms with Crippen molar-refractivity contribution in [2.75, 3.05) is 67.6 Å². The zero-order valence-electron chi connectivity index (χ0n) is 48.3. The first-order valence-electron chi connectivity index (χ1n) is 29.5. The fourth-order valence-corrected chi connectivity index (χ4v) is 8.90. The van der Waals surface area contributed by atoms with Gasteiger partial charge in [-0.3, -0.25) is 0 Å². The van der Waals surface area contributed by atoms with Crippen LogP contribution in [0.4, 0.5) is 0 Å². The number of hydrogen-bond acceptors (Lipinski definition) is 12. The van der Waals surface area contributed by atoms with Crippen molar-refractivity contribution >= 4 is 34.6 Å². The molecule has 0 amide bonds. The van der Waals surface area contributed by atoms with Crippen molar-refractivity contribution in [2.24, 2.45) is 0 Å². The third-order valence-electron chi connectivity index (χ3n) is 13.8. The summed E-state index contributed by atoms with van der Waals surface area (Å²) in [5.74, 6) is 1.13. The molecule has 0 unspecified atom stereocenters. The van der Waals surface area contributed by atoms with Crippen molar-refractivity contribution in [3.63, 3.8) is 0 Å². The van der Waals surface area contributed by atoms with E-state index in [0.717, 1.165) is 118 Å². The lowest BCUT2D eigenvalue weighted by atomic mass is 10.1. The van der Waals surface area contributed by atoms with Gasteiger partial charge in [0.15, 0.2) is 6.29 Å². The first kappa shape index (κ1) is 66.8. The van der Waals surface area contributed by atoms with Crippen molar-refractivity contribution in [3.8, 4) is 17.2 Å². The van der Waals surface area contributed by atoms with Crippen LogP contribution in [0.15, 0.2) is 92.5 Å². The van der Waals surface area contributed by atoms with Crippen LogP contribution in [0.5, 0.6) is 17.2 Å². The van der Waals surface area contributed by atoms with E-state index in [-0.39, 0.29) is 6.29 Å². The van der Waals surface area contributed by atoms with Gasteiger partial charge in [0, 0.05) is 26.2 Å². The number of benzene rings is 3. The number of unbranched alkanes of at least 4 members (excludes halogenated alkanes) is 24. The second-order valence-electron chi connectivity index (χ2n) is 20.1. The van der Waals surface area contributed by atoms with E-state index in [1.54, 1.807) is 0 Å². The Balaban J connectivity index is 1.19. The number of esters is 3. The van der Waals surface area contributed by atoms with Gasteiger partial charge in [-0.2, -0.15) is 0 Å². The lowest BCUT2D eigenvalue weighted by molar-refractivity contribution is -0.154. The summed E-state index contributed by atoms with van der Waals surface area (Å²) in [7, 11) is 4.07. The number of carbonyl (C=O) groups excluding carboxylic acids is 3. The normalized spacial score (nSPS) is 11.1. The molecule has 0 heterocycles. The highest BCUT2D eigenvalue weighted by Crippen LogP contribution is 2.23. The van der Waals surface area contributed by atoms with Gasteiger partial charge < -0.3 is 42.6 Å². The Bertz CT molecular complexity index is 1970. The average molecular weight is 1080 g/mol. The zero-order valence-corrected chi connectivity index (χ0v) is 48.3. The summed E-state index contributed by atoms with van der Waals surface area (Å²) in [6.07, 6.45) is 32.6. The van der Waals surface area contributed by atoms with Crippen molar-refractivity contribution in [1.29, 1.82) is 0 Å². The number of carbonyl (C=O) groups is 3. The van der Waals surface area contributed by atoms with Gasteiger partial charge in [-0.1, -0.05) is 191 Å². The van der Waals surface area contributed by atoms with Crippen LogP contribution >= 0.6 is 0 Å². The summed E-state index contributed by atoms with van der Waals surface area (Å²) in [6.45, 7) is 16.4. The molecule has 3 rings (SSSR count). The Morgan fingerprint density at radius 1 is 0.321 bits per heavy atom. The minimum Gasteiger partial charge on any atom is -0.494 e. The van der Waals surface area contributed by atoms with Crippen LogP contribution in [0.2, 0.25) is 0 Å². The Kier molecular flexibility index (Phi) is 38.1. The maximum atomic E-state index is 11.7. The first-order chi connectivity index (χ1) is 38.2. The topological polar surface area (TPSA) is 134 Å². The molecule has 12 nitrogen and oxygen atoms in total. The molecule has 3 aromatic carbocycles. The van der Waals surface area contributed by atoms with E-state index >= 15 is 0 Å². The molecule has 0 bridgehead atoms. The van der Waals surface area contributed by atoms with Crippen LogP contribution in [0.1, 0.15) is 196 Å². The smallest absolute Gasteiger partial charge is 0.337 e. The largest absolute Gasteiger partial charge is 0.494 e. The molecule has 0 radical (unpaired) electrons. The maximum absolute atomic E-state index is 11.7. The molecule has 0 atom stereocenters. The third kappa shape index (κ3) is 31.2. The van der Waals surface area contributed by atoms with Gasteiger partial charge in [-0.25, -0.2) is 14.4 Å². The van der Waals surface area contributed by atoms with Gasteiger partial charge in [0.25, 0.3) is 0 Å². The van der Waals surface area contributed by atoms with E-state index in [9.17, 15) is 14.4 Å². The van der Waals surface area contributed by atoms with Gasteiger partial charge in [0.2, 0.25) is 0 Å². The van der Waals surface area contributed by atoms with Crippen molar-refractivity contribution in [2.45, 2.75) is 186 Å². The van der Waals surface area contributed by atoms with Crippen molar-refractivity contribution < 1.29 is 57.0 Å². The highest BCUT2D eigenvalue weighted by atomic mass is 16.7. The fraction of sp³-hybridized carbons (Fsp3) is 0.591. The molecule has 0 aliphatic rings. The van der Waals surface area contributed by atoms with Crippen LogP contribution in [0, 0.1) is 0 Å². The van der Waals surface area contributed by atoms with Crippen LogP contribution in [-0.4, -0.2) is 91.8 Å². The van der Waals surface area contributed by atoms with Gasteiger partial charge in [-0.05, 0) is 91.6 Å². The third-order valence-corrected chi connectivity index (χ3v) is 13.8. The van der Waals surface area contributed by atoms with Crippen molar-refractivity contribution in [1.82, 2.24) is 0 Å². The minimum atomic E-state index is -0.425. The van der Waals surface area contributed by atoms with Crippen LogP contribution < -0.4 is 14.2 Å². The lowest BCUT2D eigenvalue weighted by Gasteiger charge is -2.19. The maximum Gasteiger partial charge on any atom is 0.337 e. The SMILES string of the molecule is C=C(C(=O)OC)c1ccc(OCCCCCCCCCCCOCCC(OCCCCCCCCCCCOc2ccc(C(=C)C(=O)OC)cc2)OCCCCCCCCCCCOc2ccc(C(=C)C(=O)OC)cc2)cc1. The second-order valence-corrected chi connectivity index (χ2v) is 20.1. The molecule has 0 N–H and O–H groups in total. The molecule has 0 aliphatic carbocycles. The predicted octanol–water partition coefficient (Wildman–Crippen LogP) is 16.1.